The van der Waals surface area contributed by atoms with E-state index in [4.69, 9.17) is 10.9 Å². The highest BCUT2D eigenvalue weighted by molar-refractivity contribution is 7.86. The third kappa shape index (κ3) is 3.56. The molecule has 106 valence electrons. The number of nitrogens with zero attached hydrogens (tertiary/aromatic N) is 3. The zero-order chi connectivity index (χ0) is 13.9. The van der Waals surface area contributed by atoms with Gasteiger partial charge in [-0.2, -0.15) is 17.0 Å². The van der Waals surface area contributed by atoms with Crippen LogP contribution in [0, 0.1) is 0 Å². The molecule has 1 rings (SSSR count). The summed E-state index contributed by atoms with van der Waals surface area (Å²) in [6, 6.07) is -0.0391. The third-order valence-corrected chi connectivity index (χ3v) is 5.28. The molecule has 18 heavy (non-hydrogen) atoms. The van der Waals surface area contributed by atoms with Crippen molar-refractivity contribution >= 4 is 16.0 Å². The molecule has 0 unspecified atom stereocenters. The molecule has 3 N–H and O–H groups in total. The van der Waals surface area contributed by atoms with Gasteiger partial charge in [0.25, 0.3) is 10.2 Å². The molecule has 0 spiro atoms. The maximum absolute atomic E-state index is 12.4. The molecule has 0 heterocycles. The minimum absolute atomic E-state index is 0.0445. The van der Waals surface area contributed by atoms with Crippen LogP contribution in [0.4, 0.5) is 0 Å². The summed E-state index contributed by atoms with van der Waals surface area (Å²) in [6.45, 7) is 3.90. The van der Waals surface area contributed by atoms with Gasteiger partial charge in [-0.1, -0.05) is 5.16 Å². The molecule has 0 atom stereocenters. The van der Waals surface area contributed by atoms with E-state index >= 15 is 0 Å². The molecule has 1 aliphatic rings. The molecule has 0 aromatic heterocycles. The van der Waals surface area contributed by atoms with Crippen LogP contribution in [-0.4, -0.2) is 53.7 Å². The Morgan fingerprint density at radius 3 is 2.44 bits per heavy atom. The molecule has 0 aromatic carbocycles. The molecule has 8 heteroatoms. The normalized spacial score (nSPS) is 18.0. The van der Waals surface area contributed by atoms with Gasteiger partial charge in [0.15, 0.2) is 0 Å². The Kier molecular flexibility index (Phi) is 4.94. The largest absolute Gasteiger partial charge is 0.409 e. The van der Waals surface area contributed by atoms with E-state index in [2.05, 4.69) is 5.16 Å². The second-order valence-corrected chi connectivity index (χ2v) is 6.74. The number of nitrogens with two attached hydrogens (primary N) is 1. The van der Waals surface area contributed by atoms with E-state index in [1.807, 2.05) is 13.8 Å². The van der Waals surface area contributed by atoms with E-state index in [0.29, 0.717) is 0 Å². The maximum atomic E-state index is 12.4. The van der Waals surface area contributed by atoms with E-state index < -0.39 is 10.2 Å². The van der Waals surface area contributed by atoms with Gasteiger partial charge < -0.3 is 10.9 Å². The lowest BCUT2D eigenvalue weighted by atomic mass is 10.4. The molecule has 0 amide bonds. The number of oxime groups is 1. The van der Waals surface area contributed by atoms with Gasteiger partial charge in [-0.15, -0.1) is 0 Å². The zero-order valence-corrected chi connectivity index (χ0v) is 11.9. The van der Waals surface area contributed by atoms with Crippen molar-refractivity contribution in [3.63, 3.8) is 0 Å². The summed E-state index contributed by atoms with van der Waals surface area (Å²) in [5.74, 6) is 0.0445. The van der Waals surface area contributed by atoms with Crippen LogP contribution in [0.15, 0.2) is 5.16 Å². The van der Waals surface area contributed by atoms with Crippen molar-refractivity contribution in [1.29, 1.82) is 0 Å². The van der Waals surface area contributed by atoms with Gasteiger partial charge in [0.05, 0.1) is 0 Å². The van der Waals surface area contributed by atoms with Gasteiger partial charge in [-0.25, -0.2) is 0 Å². The zero-order valence-electron chi connectivity index (χ0n) is 11.1. The van der Waals surface area contributed by atoms with E-state index in [1.165, 1.54) is 8.61 Å². The lowest BCUT2D eigenvalue weighted by molar-refractivity contribution is 0.312. The molecule has 1 aliphatic carbocycles. The first-order valence-corrected chi connectivity index (χ1v) is 7.41. The summed E-state index contributed by atoms with van der Waals surface area (Å²) in [5, 5.41) is 11.3. The highest BCUT2D eigenvalue weighted by Crippen LogP contribution is 2.30. The number of hydrogen-bond acceptors (Lipinski definition) is 4. The first-order valence-electron chi connectivity index (χ1n) is 6.02. The molecule has 7 nitrogen and oxygen atoms in total. The lowest BCUT2D eigenvalue weighted by Gasteiger charge is -2.29. The smallest absolute Gasteiger partial charge is 0.282 e. The summed E-state index contributed by atoms with van der Waals surface area (Å²) in [6.07, 6.45) is 1.99. The standard InChI is InChI=1S/C10H22N4O3S/c1-8(2)13(3)18(16,17)14(9-4-5-9)7-6-10(11)12-15/h8-9,15H,4-7H2,1-3H3,(H2,11,12). The van der Waals surface area contributed by atoms with Gasteiger partial charge in [-0.3, -0.25) is 0 Å². The fraction of sp³-hybridized carbons (Fsp3) is 0.900. The molecule has 0 saturated heterocycles. The second-order valence-electron chi connectivity index (χ2n) is 4.80. The average Bonchev–Trinajstić information content (AvgIpc) is 3.11. The topological polar surface area (TPSA) is 99.2 Å². The summed E-state index contributed by atoms with van der Waals surface area (Å²) < 4.78 is 27.5. The van der Waals surface area contributed by atoms with Crippen molar-refractivity contribution in [1.82, 2.24) is 8.61 Å². The third-order valence-electron chi connectivity index (χ3n) is 3.06. The van der Waals surface area contributed by atoms with E-state index in [9.17, 15) is 8.42 Å². The van der Waals surface area contributed by atoms with Crippen LogP contribution in [-0.2, 0) is 10.2 Å². The second kappa shape index (κ2) is 5.85. The van der Waals surface area contributed by atoms with Gasteiger partial charge in [0, 0.05) is 32.1 Å². The van der Waals surface area contributed by atoms with E-state index in [0.717, 1.165) is 12.8 Å². The van der Waals surface area contributed by atoms with Crippen molar-refractivity contribution in [3.8, 4) is 0 Å². The minimum Gasteiger partial charge on any atom is -0.409 e. The first-order chi connectivity index (χ1) is 8.30. The molecule has 0 bridgehead atoms. The Labute approximate surface area is 108 Å². The van der Waals surface area contributed by atoms with Crippen LogP contribution in [0.25, 0.3) is 0 Å². The lowest BCUT2D eigenvalue weighted by Crippen LogP contribution is -2.46. The van der Waals surface area contributed by atoms with Crippen LogP contribution >= 0.6 is 0 Å². The fourth-order valence-corrected chi connectivity index (χ4v) is 3.33. The highest BCUT2D eigenvalue weighted by Gasteiger charge is 2.39. The van der Waals surface area contributed by atoms with E-state index in [-0.39, 0.29) is 30.9 Å². The van der Waals surface area contributed by atoms with E-state index in [1.54, 1.807) is 7.05 Å². The van der Waals surface area contributed by atoms with Gasteiger partial charge in [0.1, 0.15) is 5.84 Å². The van der Waals surface area contributed by atoms with Gasteiger partial charge in [0.2, 0.25) is 0 Å². The minimum atomic E-state index is -3.47. The maximum Gasteiger partial charge on any atom is 0.282 e. The summed E-state index contributed by atoms with van der Waals surface area (Å²) in [5.41, 5.74) is 5.39. The van der Waals surface area contributed by atoms with Crippen molar-refractivity contribution in [3.05, 3.63) is 0 Å². The summed E-state index contributed by atoms with van der Waals surface area (Å²) in [4.78, 5) is 0. The fourth-order valence-electron chi connectivity index (χ4n) is 1.56. The Balaban J connectivity index is 2.78. The van der Waals surface area contributed by atoms with Crippen LogP contribution in [0.1, 0.15) is 33.1 Å². The van der Waals surface area contributed by atoms with Crippen molar-refractivity contribution in [2.45, 2.75) is 45.2 Å². The van der Waals surface area contributed by atoms with Crippen LogP contribution in [0.5, 0.6) is 0 Å². The molecule has 0 aliphatic heterocycles. The Morgan fingerprint density at radius 2 is 2.06 bits per heavy atom. The Hall–Kier alpha value is -0.860. The van der Waals surface area contributed by atoms with Crippen LogP contribution in [0.2, 0.25) is 0 Å². The average molecular weight is 278 g/mol. The van der Waals surface area contributed by atoms with Crippen LogP contribution in [0.3, 0.4) is 0 Å². The molecule has 1 saturated carbocycles. The highest BCUT2D eigenvalue weighted by atomic mass is 32.2. The van der Waals surface area contributed by atoms with Crippen LogP contribution < -0.4 is 5.73 Å². The van der Waals surface area contributed by atoms with Gasteiger partial charge in [-0.05, 0) is 26.7 Å². The number of hydrogen-bond donors (Lipinski definition) is 2. The van der Waals surface area contributed by atoms with Crippen molar-refractivity contribution in [2.75, 3.05) is 13.6 Å². The molecular formula is C10H22N4O3S. The summed E-state index contributed by atoms with van der Waals surface area (Å²) in [7, 11) is -1.90. The Morgan fingerprint density at radius 1 is 1.50 bits per heavy atom. The summed E-state index contributed by atoms with van der Waals surface area (Å²) >= 11 is 0. The predicted molar refractivity (Wildman–Crippen MR) is 69.6 cm³/mol. The monoisotopic (exact) mass is 278 g/mol. The first kappa shape index (κ1) is 15.2. The van der Waals surface area contributed by atoms with Crippen molar-refractivity contribution < 1.29 is 13.6 Å². The number of rotatable bonds is 7. The predicted octanol–water partition coefficient (Wildman–Crippen LogP) is 0.172. The number of amidine groups is 1. The molecular weight excluding hydrogens is 256 g/mol. The quantitative estimate of drug-likeness (QED) is 0.300. The van der Waals surface area contributed by atoms with Gasteiger partial charge >= 0.3 is 0 Å². The van der Waals surface area contributed by atoms with Crippen molar-refractivity contribution in [2.24, 2.45) is 10.9 Å². The molecule has 0 aromatic rings. The Bertz CT molecular complexity index is 403. The SMILES string of the molecule is CC(C)N(C)S(=O)(=O)N(CCC(N)=NO)C1CC1. The molecule has 0 radical (unpaired) electrons. The molecule has 1 fully saturated rings.